The Morgan fingerprint density at radius 3 is 2.27 bits per heavy atom. The molecule has 0 atom stereocenters. The van der Waals surface area contributed by atoms with Crippen molar-refractivity contribution < 1.29 is 5.11 Å². The number of aliphatic hydroxyl groups excluding tert-OH is 1. The molecule has 0 aromatic carbocycles. The fourth-order valence-corrected chi connectivity index (χ4v) is 2.73. The molecular formula is C9H18OS. The zero-order valence-electron chi connectivity index (χ0n) is 7.09. The van der Waals surface area contributed by atoms with Crippen LogP contribution in [0.5, 0.6) is 0 Å². The highest BCUT2D eigenvalue weighted by Gasteiger charge is 2.11. The zero-order chi connectivity index (χ0) is 7.94. The molecule has 0 aromatic heterocycles. The van der Waals surface area contributed by atoms with E-state index in [2.05, 4.69) is 0 Å². The first-order chi connectivity index (χ1) is 5.43. The Morgan fingerprint density at radius 2 is 1.73 bits per heavy atom. The van der Waals surface area contributed by atoms with E-state index in [1.54, 1.807) is 0 Å². The summed E-state index contributed by atoms with van der Waals surface area (Å²) in [6, 6.07) is 0. The summed E-state index contributed by atoms with van der Waals surface area (Å²) in [4.78, 5) is 0. The van der Waals surface area contributed by atoms with Gasteiger partial charge in [-0.25, -0.2) is 0 Å². The molecular weight excluding hydrogens is 156 g/mol. The highest BCUT2D eigenvalue weighted by molar-refractivity contribution is 7.99. The lowest BCUT2D eigenvalue weighted by Gasteiger charge is -2.11. The Morgan fingerprint density at radius 1 is 1.09 bits per heavy atom. The van der Waals surface area contributed by atoms with Gasteiger partial charge in [-0.1, -0.05) is 25.7 Å². The summed E-state index contributed by atoms with van der Waals surface area (Å²) in [6.45, 7) is 0.348. The molecule has 1 nitrogen and oxygen atoms in total. The fourth-order valence-electron chi connectivity index (χ4n) is 1.63. The minimum atomic E-state index is 0.348. The average molecular weight is 174 g/mol. The van der Waals surface area contributed by atoms with Gasteiger partial charge in [0.25, 0.3) is 0 Å². The van der Waals surface area contributed by atoms with Crippen molar-refractivity contribution in [1.29, 1.82) is 0 Å². The molecule has 1 saturated carbocycles. The smallest absolute Gasteiger partial charge is 0.0521 e. The fraction of sp³-hybridized carbons (Fsp3) is 1.00. The predicted molar refractivity (Wildman–Crippen MR) is 51.0 cm³/mol. The molecule has 11 heavy (non-hydrogen) atoms. The molecule has 1 rings (SSSR count). The molecule has 0 unspecified atom stereocenters. The van der Waals surface area contributed by atoms with Gasteiger partial charge in [-0.05, 0) is 12.8 Å². The van der Waals surface area contributed by atoms with E-state index in [1.165, 1.54) is 38.5 Å². The van der Waals surface area contributed by atoms with Gasteiger partial charge in [0.05, 0.1) is 6.61 Å². The van der Waals surface area contributed by atoms with Gasteiger partial charge in [0, 0.05) is 11.0 Å². The third-order valence-electron chi connectivity index (χ3n) is 2.25. The van der Waals surface area contributed by atoms with Crippen molar-refractivity contribution in [2.45, 2.75) is 43.8 Å². The summed E-state index contributed by atoms with van der Waals surface area (Å²) in [5, 5.41) is 9.50. The minimum Gasteiger partial charge on any atom is -0.396 e. The second-order valence-corrected chi connectivity index (χ2v) is 4.62. The molecule has 0 aromatic rings. The Labute approximate surface area is 73.6 Å². The molecule has 0 heterocycles. The van der Waals surface area contributed by atoms with Crippen molar-refractivity contribution in [3.8, 4) is 0 Å². The van der Waals surface area contributed by atoms with Gasteiger partial charge >= 0.3 is 0 Å². The lowest BCUT2D eigenvalue weighted by atomic mass is 10.2. The molecule has 0 radical (unpaired) electrons. The molecule has 66 valence electrons. The van der Waals surface area contributed by atoms with Crippen LogP contribution in [0, 0.1) is 0 Å². The van der Waals surface area contributed by atoms with Crippen LogP contribution in [0.3, 0.4) is 0 Å². The van der Waals surface area contributed by atoms with Crippen LogP contribution in [-0.2, 0) is 0 Å². The van der Waals surface area contributed by atoms with Gasteiger partial charge in [0.15, 0.2) is 0 Å². The zero-order valence-corrected chi connectivity index (χ0v) is 7.91. The van der Waals surface area contributed by atoms with Gasteiger partial charge in [-0.3, -0.25) is 0 Å². The topological polar surface area (TPSA) is 20.2 Å². The highest BCUT2D eigenvalue weighted by Crippen LogP contribution is 2.26. The third-order valence-corrected chi connectivity index (χ3v) is 3.61. The SMILES string of the molecule is OCCSC1CCCCCC1. The van der Waals surface area contributed by atoms with Crippen molar-refractivity contribution in [3.63, 3.8) is 0 Å². The maximum absolute atomic E-state index is 8.65. The van der Waals surface area contributed by atoms with Gasteiger partial charge < -0.3 is 5.11 Å². The largest absolute Gasteiger partial charge is 0.396 e. The normalized spacial score (nSPS) is 21.5. The second-order valence-electron chi connectivity index (χ2n) is 3.21. The van der Waals surface area contributed by atoms with Gasteiger partial charge in [0.1, 0.15) is 0 Å². The number of aliphatic hydroxyl groups is 1. The van der Waals surface area contributed by atoms with E-state index in [-0.39, 0.29) is 0 Å². The van der Waals surface area contributed by atoms with E-state index in [0.29, 0.717) is 6.61 Å². The second kappa shape index (κ2) is 5.90. The number of thioether (sulfide) groups is 1. The third kappa shape index (κ3) is 4.02. The highest BCUT2D eigenvalue weighted by atomic mass is 32.2. The maximum Gasteiger partial charge on any atom is 0.0521 e. The Balaban J connectivity index is 2.09. The summed E-state index contributed by atoms with van der Waals surface area (Å²) in [7, 11) is 0. The molecule has 1 N–H and O–H groups in total. The molecule has 0 spiro atoms. The lowest BCUT2D eigenvalue weighted by molar-refractivity contribution is 0.322. The van der Waals surface area contributed by atoms with Crippen LogP contribution in [0.25, 0.3) is 0 Å². The number of rotatable bonds is 3. The summed E-state index contributed by atoms with van der Waals surface area (Å²) in [5.41, 5.74) is 0. The van der Waals surface area contributed by atoms with E-state index in [1.807, 2.05) is 11.8 Å². The van der Waals surface area contributed by atoms with Crippen molar-refractivity contribution in [1.82, 2.24) is 0 Å². The van der Waals surface area contributed by atoms with Crippen LogP contribution < -0.4 is 0 Å². The van der Waals surface area contributed by atoms with Crippen LogP contribution in [-0.4, -0.2) is 22.7 Å². The monoisotopic (exact) mass is 174 g/mol. The Bertz CT molecular complexity index is 87.6. The van der Waals surface area contributed by atoms with E-state index in [0.717, 1.165) is 11.0 Å². The number of hydrogen-bond acceptors (Lipinski definition) is 2. The summed E-state index contributed by atoms with van der Waals surface area (Å²) >= 11 is 1.96. The van der Waals surface area contributed by atoms with E-state index in [4.69, 9.17) is 5.11 Å². The first-order valence-corrected chi connectivity index (χ1v) is 5.71. The summed E-state index contributed by atoms with van der Waals surface area (Å²) in [6.07, 6.45) is 8.42. The van der Waals surface area contributed by atoms with Gasteiger partial charge in [-0.15, -0.1) is 0 Å². The molecule has 0 bridgehead atoms. The van der Waals surface area contributed by atoms with Crippen LogP contribution in [0.4, 0.5) is 0 Å². The molecule has 0 amide bonds. The van der Waals surface area contributed by atoms with E-state index in [9.17, 15) is 0 Å². The Kier molecular flexibility index (Phi) is 5.04. The van der Waals surface area contributed by atoms with E-state index < -0.39 is 0 Å². The number of hydrogen-bond donors (Lipinski definition) is 1. The summed E-state index contributed by atoms with van der Waals surface area (Å²) in [5.74, 6) is 0.935. The molecule has 0 aliphatic heterocycles. The van der Waals surface area contributed by atoms with Crippen LogP contribution in [0.15, 0.2) is 0 Å². The molecule has 1 fully saturated rings. The minimum absolute atomic E-state index is 0.348. The van der Waals surface area contributed by atoms with Crippen LogP contribution in [0.1, 0.15) is 38.5 Å². The maximum atomic E-state index is 8.65. The van der Waals surface area contributed by atoms with Crippen molar-refractivity contribution in [3.05, 3.63) is 0 Å². The van der Waals surface area contributed by atoms with E-state index >= 15 is 0 Å². The molecule has 2 heteroatoms. The van der Waals surface area contributed by atoms with Gasteiger partial charge in [-0.2, -0.15) is 11.8 Å². The van der Waals surface area contributed by atoms with Crippen molar-refractivity contribution in [2.75, 3.05) is 12.4 Å². The molecule has 1 aliphatic carbocycles. The lowest BCUT2D eigenvalue weighted by Crippen LogP contribution is -2.02. The average Bonchev–Trinajstić information content (AvgIpc) is 2.28. The quantitative estimate of drug-likeness (QED) is 0.663. The van der Waals surface area contributed by atoms with Gasteiger partial charge in [0.2, 0.25) is 0 Å². The van der Waals surface area contributed by atoms with Crippen LogP contribution in [0.2, 0.25) is 0 Å². The first-order valence-electron chi connectivity index (χ1n) is 4.66. The molecule has 1 aliphatic rings. The van der Waals surface area contributed by atoms with Crippen molar-refractivity contribution >= 4 is 11.8 Å². The van der Waals surface area contributed by atoms with Crippen molar-refractivity contribution in [2.24, 2.45) is 0 Å². The summed E-state index contributed by atoms with van der Waals surface area (Å²) < 4.78 is 0. The van der Waals surface area contributed by atoms with Crippen LogP contribution >= 0.6 is 11.8 Å². The predicted octanol–water partition coefficient (Wildman–Crippen LogP) is 2.43. The Hall–Kier alpha value is 0.310. The molecule has 0 saturated heterocycles. The standard InChI is InChI=1S/C9H18OS/c10-7-8-11-9-5-3-1-2-4-6-9/h9-10H,1-8H2. The first kappa shape index (κ1) is 9.40.